The first kappa shape index (κ1) is 31.2. The van der Waals surface area contributed by atoms with Crippen LogP contribution in [0.4, 0.5) is 0 Å². The van der Waals surface area contributed by atoms with Crippen molar-refractivity contribution in [1.29, 1.82) is 0 Å². The number of hydrogen-bond donors (Lipinski definition) is 1. The van der Waals surface area contributed by atoms with E-state index in [4.69, 9.17) is 9.47 Å². The summed E-state index contributed by atoms with van der Waals surface area (Å²) in [5.41, 5.74) is 0.746. The number of piperidine rings is 2. The highest BCUT2D eigenvalue weighted by molar-refractivity contribution is 5.90. The highest BCUT2D eigenvalue weighted by atomic mass is 16.7. The van der Waals surface area contributed by atoms with Gasteiger partial charge in [0.05, 0.1) is 19.3 Å². The normalized spacial score (nSPS) is 35.1. The van der Waals surface area contributed by atoms with Crippen molar-refractivity contribution < 1.29 is 19.1 Å². The molecule has 4 heterocycles. The van der Waals surface area contributed by atoms with Crippen LogP contribution >= 0.6 is 0 Å². The summed E-state index contributed by atoms with van der Waals surface area (Å²) in [5, 5.41) is 3.40. The summed E-state index contributed by atoms with van der Waals surface area (Å²) in [7, 11) is 0. The second-order valence-electron chi connectivity index (χ2n) is 15.3. The third-order valence-corrected chi connectivity index (χ3v) is 11.0. The molecular formula is C33H58N4O4. The van der Waals surface area contributed by atoms with Crippen LogP contribution in [0, 0.1) is 22.7 Å². The Hall–Kier alpha value is -1.22. The minimum atomic E-state index is -0.602. The van der Waals surface area contributed by atoms with Crippen molar-refractivity contribution in [3.63, 3.8) is 0 Å². The lowest BCUT2D eigenvalue weighted by molar-refractivity contribution is -0.323. The van der Waals surface area contributed by atoms with Crippen molar-refractivity contribution in [3.8, 4) is 0 Å². The van der Waals surface area contributed by atoms with E-state index < -0.39 is 11.8 Å². The molecule has 5 fully saturated rings. The first-order valence-electron chi connectivity index (χ1n) is 16.8. The Labute approximate surface area is 249 Å². The number of rotatable bonds is 9. The fraction of sp³-hybridized carbons (Fsp3) is 0.939. The van der Waals surface area contributed by atoms with E-state index in [0.717, 1.165) is 39.1 Å². The van der Waals surface area contributed by atoms with Crippen LogP contribution in [0.1, 0.15) is 99.3 Å². The van der Waals surface area contributed by atoms with Gasteiger partial charge in [-0.2, -0.15) is 0 Å². The number of carbonyl (C=O) groups excluding carboxylic acids is 2. The predicted octanol–water partition coefficient (Wildman–Crippen LogP) is 4.27. The van der Waals surface area contributed by atoms with Gasteiger partial charge >= 0.3 is 0 Å². The zero-order valence-corrected chi connectivity index (χ0v) is 26.9. The van der Waals surface area contributed by atoms with Crippen LogP contribution < -0.4 is 5.32 Å². The summed E-state index contributed by atoms with van der Waals surface area (Å²) in [6.45, 7) is 19.9. The molecule has 8 nitrogen and oxygen atoms in total. The van der Waals surface area contributed by atoms with Gasteiger partial charge in [0.1, 0.15) is 6.04 Å². The molecule has 2 amide bonds. The molecule has 1 aliphatic carbocycles. The average molecular weight is 575 g/mol. The zero-order valence-electron chi connectivity index (χ0n) is 26.9. The minimum absolute atomic E-state index is 0.00124. The van der Waals surface area contributed by atoms with Crippen molar-refractivity contribution in [2.45, 2.75) is 123 Å². The zero-order chi connectivity index (χ0) is 29.4. The third kappa shape index (κ3) is 6.97. The molecular weight excluding hydrogens is 516 g/mol. The summed E-state index contributed by atoms with van der Waals surface area (Å²) in [6, 6.07) is -0.603. The number of amides is 2. The maximum Gasteiger partial charge on any atom is 0.245 e. The minimum Gasteiger partial charge on any atom is -0.349 e. The van der Waals surface area contributed by atoms with Gasteiger partial charge in [0.25, 0.3) is 0 Å². The van der Waals surface area contributed by atoms with E-state index in [-0.39, 0.29) is 29.3 Å². The summed E-state index contributed by atoms with van der Waals surface area (Å²) in [6.07, 6.45) is 9.51. The fourth-order valence-corrected chi connectivity index (χ4v) is 7.88. The molecule has 0 aromatic carbocycles. The number of likely N-dealkylation sites (tertiary alicyclic amines) is 2. The quantitative estimate of drug-likeness (QED) is 0.443. The predicted molar refractivity (Wildman–Crippen MR) is 161 cm³/mol. The number of piperazine rings is 1. The summed E-state index contributed by atoms with van der Waals surface area (Å²) in [4.78, 5) is 34.2. The molecule has 2 spiro atoms. The van der Waals surface area contributed by atoms with Gasteiger partial charge in [0.15, 0.2) is 5.79 Å². The van der Waals surface area contributed by atoms with Crippen molar-refractivity contribution in [2.75, 3.05) is 52.5 Å². The van der Waals surface area contributed by atoms with Crippen molar-refractivity contribution in [2.24, 2.45) is 22.7 Å². The molecule has 0 radical (unpaired) electrons. The first-order valence-corrected chi connectivity index (χ1v) is 16.8. The molecule has 4 saturated heterocycles. The summed E-state index contributed by atoms with van der Waals surface area (Å²) < 4.78 is 13.3. The van der Waals surface area contributed by atoms with Crippen LogP contribution in [0.2, 0.25) is 0 Å². The molecule has 1 N–H and O–H groups in total. The smallest absolute Gasteiger partial charge is 0.245 e. The van der Waals surface area contributed by atoms with Gasteiger partial charge in [-0.05, 0) is 82.2 Å². The fourth-order valence-electron chi connectivity index (χ4n) is 7.88. The number of hydrogen-bond acceptors (Lipinski definition) is 6. The molecule has 8 heteroatoms. The maximum atomic E-state index is 14.1. The van der Waals surface area contributed by atoms with E-state index in [2.05, 4.69) is 51.8 Å². The summed E-state index contributed by atoms with van der Waals surface area (Å²) >= 11 is 0. The molecule has 0 bridgehead atoms. The van der Waals surface area contributed by atoms with E-state index in [1.165, 1.54) is 38.8 Å². The van der Waals surface area contributed by atoms with Crippen molar-refractivity contribution in [3.05, 3.63) is 0 Å². The lowest BCUT2D eigenvalue weighted by Crippen LogP contribution is -2.64. The SMILES string of the molecule is CCC1(CN2CCC3(CC2)CC3)COC2(CCN(C(=O)[C@H](CC(C)C)N3CCN[C@@H](CC(C)C)C3=O)[C@@H](C)C2)OC1. The average Bonchev–Trinajstić information content (AvgIpc) is 3.70. The molecule has 41 heavy (non-hydrogen) atoms. The van der Waals surface area contributed by atoms with E-state index >= 15 is 0 Å². The first-order chi connectivity index (χ1) is 19.5. The number of nitrogens with one attached hydrogen (secondary N) is 1. The highest BCUT2D eigenvalue weighted by Crippen LogP contribution is 2.54. The Morgan fingerprint density at radius 2 is 1.66 bits per heavy atom. The molecule has 4 aliphatic heterocycles. The van der Waals surface area contributed by atoms with Crippen LogP contribution in [-0.4, -0.2) is 103 Å². The van der Waals surface area contributed by atoms with Gasteiger partial charge in [0.2, 0.25) is 11.8 Å². The number of ether oxygens (including phenoxy) is 2. The van der Waals surface area contributed by atoms with E-state index in [0.29, 0.717) is 49.6 Å². The van der Waals surface area contributed by atoms with Gasteiger partial charge < -0.3 is 29.5 Å². The molecule has 3 atom stereocenters. The second-order valence-corrected chi connectivity index (χ2v) is 15.3. The number of nitrogens with zero attached hydrogens (tertiary/aromatic N) is 3. The van der Waals surface area contributed by atoms with Gasteiger partial charge in [-0.1, -0.05) is 34.6 Å². The molecule has 0 aromatic rings. The van der Waals surface area contributed by atoms with Crippen LogP contribution in [0.15, 0.2) is 0 Å². The van der Waals surface area contributed by atoms with Gasteiger partial charge in [-0.15, -0.1) is 0 Å². The molecule has 1 saturated carbocycles. The Bertz CT molecular complexity index is 916. The molecule has 234 valence electrons. The molecule has 0 aromatic heterocycles. The van der Waals surface area contributed by atoms with E-state index in [9.17, 15) is 9.59 Å². The standard InChI is InChI=1S/C33H58N4O4/c1-7-31(21-35-14-10-32(8-9-32)11-15-35)22-40-33(41-23-31)12-16-36(26(6)20-33)30(39)28(19-25(4)5)37-17-13-34-27(29(37)38)18-24(2)3/h24-28,34H,7-23H2,1-6H3/t26-,27-,28-,31?,33?/m0/s1. The van der Waals surface area contributed by atoms with Crippen LogP contribution in [0.25, 0.3) is 0 Å². The van der Waals surface area contributed by atoms with Gasteiger partial charge in [0, 0.05) is 50.5 Å². The topological polar surface area (TPSA) is 74.4 Å². The van der Waals surface area contributed by atoms with Gasteiger partial charge in [-0.3, -0.25) is 9.59 Å². The third-order valence-electron chi connectivity index (χ3n) is 11.0. The van der Waals surface area contributed by atoms with Crippen LogP contribution in [-0.2, 0) is 19.1 Å². The Morgan fingerprint density at radius 3 is 2.22 bits per heavy atom. The second kappa shape index (κ2) is 12.4. The maximum absolute atomic E-state index is 14.1. The Balaban J connectivity index is 1.19. The van der Waals surface area contributed by atoms with Crippen LogP contribution in [0.3, 0.4) is 0 Å². The van der Waals surface area contributed by atoms with Crippen molar-refractivity contribution >= 4 is 11.8 Å². The monoisotopic (exact) mass is 574 g/mol. The Kier molecular flexibility index (Phi) is 9.45. The van der Waals surface area contributed by atoms with E-state index in [1.54, 1.807) is 0 Å². The molecule has 0 unspecified atom stereocenters. The van der Waals surface area contributed by atoms with Gasteiger partial charge in [-0.25, -0.2) is 0 Å². The van der Waals surface area contributed by atoms with Crippen LogP contribution in [0.5, 0.6) is 0 Å². The highest BCUT2D eigenvalue weighted by Gasteiger charge is 2.51. The van der Waals surface area contributed by atoms with Crippen molar-refractivity contribution in [1.82, 2.24) is 20.0 Å². The number of carbonyl (C=O) groups is 2. The lowest BCUT2D eigenvalue weighted by atomic mass is 9.82. The Morgan fingerprint density at radius 1 is 0.976 bits per heavy atom. The molecule has 5 aliphatic rings. The lowest BCUT2D eigenvalue weighted by Gasteiger charge is -2.52. The summed E-state index contributed by atoms with van der Waals surface area (Å²) in [5.74, 6) is 0.321. The van der Waals surface area contributed by atoms with E-state index in [1.807, 2.05) is 9.80 Å². The molecule has 5 rings (SSSR count). The largest absolute Gasteiger partial charge is 0.349 e.